The molecule has 3 aromatic carbocycles. The molecule has 39 heavy (non-hydrogen) atoms. The molecule has 1 aliphatic heterocycles. The molecule has 1 N–H and O–H groups in total. The van der Waals surface area contributed by atoms with Gasteiger partial charge in [0, 0.05) is 32.0 Å². The Bertz CT molecular complexity index is 1340. The van der Waals surface area contributed by atoms with Crippen molar-refractivity contribution in [1.82, 2.24) is 4.90 Å². The van der Waals surface area contributed by atoms with Crippen LogP contribution in [-0.4, -0.2) is 62.7 Å². The van der Waals surface area contributed by atoms with Crippen molar-refractivity contribution < 1.29 is 19.1 Å². The van der Waals surface area contributed by atoms with Crippen LogP contribution in [0.25, 0.3) is 0 Å². The summed E-state index contributed by atoms with van der Waals surface area (Å²) in [6.07, 6.45) is 0.572. The number of nitrogens with one attached hydrogen (secondary N) is 1. The van der Waals surface area contributed by atoms with E-state index in [1.807, 2.05) is 97.5 Å². The van der Waals surface area contributed by atoms with E-state index >= 15 is 0 Å². The highest BCUT2D eigenvalue weighted by atomic mass is 32.1. The number of nitrogens with zero attached hydrogens (tertiary/aromatic N) is 3. The van der Waals surface area contributed by atoms with Crippen molar-refractivity contribution in [3.05, 3.63) is 77.9 Å². The number of carbonyl (C=O) groups is 2. The van der Waals surface area contributed by atoms with Crippen molar-refractivity contribution in [1.29, 1.82) is 0 Å². The minimum atomic E-state index is -0.725. The first-order chi connectivity index (χ1) is 18.7. The summed E-state index contributed by atoms with van der Waals surface area (Å²) in [4.78, 5) is 32.2. The van der Waals surface area contributed by atoms with Crippen LogP contribution in [0.3, 0.4) is 0 Å². The number of carbonyl (C=O) groups excluding carboxylic acids is 2. The van der Waals surface area contributed by atoms with Crippen molar-refractivity contribution in [3.63, 3.8) is 0 Å². The van der Waals surface area contributed by atoms with E-state index in [1.54, 1.807) is 14.2 Å². The molecule has 4 rings (SSSR count). The van der Waals surface area contributed by atoms with Crippen LogP contribution < -0.4 is 24.6 Å². The summed E-state index contributed by atoms with van der Waals surface area (Å²) in [6.45, 7) is 2.44. The van der Waals surface area contributed by atoms with E-state index in [0.717, 1.165) is 16.8 Å². The maximum atomic E-state index is 13.7. The van der Waals surface area contributed by atoms with Crippen molar-refractivity contribution in [2.45, 2.75) is 25.8 Å². The zero-order chi connectivity index (χ0) is 28.1. The molecular weight excluding hydrogens is 512 g/mol. The highest BCUT2D eigenvalue weighted by Gasteiger charge is 2.44. The van der Waals surface area contributed by atoms with Gasteiger partial charge in [0.2, 0.25) is 5.91 Å². The average molecular weight is 547 g/mol. The lowest BCUT2D eigenvalue weighted by molar-refractivity contribution is -0.124. The largest absolute Gasteiger partial charge is 0.493 e. The molecule has 1 saturated heterocycles. The van der Waals surface area contributed by atoms with Crippen molar-refractivity contribution in [2.75, 3.05) is 50.0 Å². The van der Waals surface area contributed by atoms with Gasteiger partial charge >= 0.3 is 0 Å². The van der Waals surface area contributed by atoms with Gasteiger partial charge in [-0.3, -0.25) is 14.5 Å². The first-order valence-electron chi connectivity index (χ1n) is 12.7. The SMILES string of the molecule is COc1ccc(CCN2C(=S)N(c3ccc(N(C)C)cc3)C(=O)C2CC(=O)Nc2ccc(C)cc2)cc1OC. The summed E-state index contributed by atoms with van der Waals surface area (Å²) >= 11 is 5.83. The number of anilines is 3. The predicted molar refractivity (Wildman–Crippen MR) is 159 cm³/mol. The second kappa shape index (κ2) is 12.2. The lowest BCUT2D eigenvalue weighted by atomic mass is 10.1. The third-order valence-corrected chi connectivity index (χ3v) is 7.16. The molecule has 0 aromatic heterocycles. The van der Waals surface area contributed by atoms with Crippen molar-refractivity contribution >= 4 is 46.2 Å². The van der Waals surface area contributed by atoms with Gasteiger partial charge < -0.3 is 24.6 Å². The third-order valence-electron chi connectivity index (χ3n) is 6.75. The fourth-order valence-corrected chi connectivity index (χ4v) is 4.95. The van der Waals surface area contributed by atoms with Gasteiger partial charge in [-0.2, -0.15) is 0 Å². The van der Waals surface area contributed by atoms with Crippen LogP contribution in [0.1, 0.15) is 17.5 Å². The molecule has 3 aromatic rings. The van der Waals surface area contributed by atoms with Gasteiger partial charge in [-0.25, -0.2) is 0 Å². The highest BCUT2D eigenvalue weighted by Crippen LogP contribution is 2.31. The lowest BCUT2D eigenvalue weighted by Crippen LogP contribution is -2.39. The van der Waals surface area contributed by atoms with E-state index in [2.05, 4.69) is 5.32 Å². The van der Waals surface area contributed by atoms with Gasteiger partial charge in [-0.1, -0.05) is 23.8 Å². The normalized spacial score (nSPS) is 14.9. The molecular formula is C30H34N4O4S. The molecule has 0 saturated carbocycles. The molecule has 9 heteroatoms. The first-order valence-corrected chi connectivity index (χ1v) is 13.1. The van der Waals surface area contributed by atoms with Crippen LogP contribution in [0.5, 0.6) is 11.5 Å². The Morgan fingerprint density at radius 2 is 1.64 bits per heavy atom. The molecule has 204 valence electrons. The second-order valence-electron chi connectivity index (χ2n) is 9.63. The number of hydrogen-bond acceptors (Lipinski definition) is 6. The standard InChI is InChI=1S/C30H34N4O4S/c1-20-6-9-22(10-7-20)31-28(35)19-25-29(36)34(24-13-11-23(12-14-24)32(2)3)30(39)33(25)17-16-21-8-15-26(37-4)27(18-21)38-5/h6-15,18,25H,16-17,19H2,1-5H3,(H,31,35). The summed E-state index contributed by atoms with van der Waals surface area (Å²) in [5.41, 5.74) is 4.47. The predicted octanol–water partition coefficient (Wildman–Crippen LogP) is 4.65. The second-order valence-corrected chi connectivity index (χ2v) is 10.00. The van der Waals surface area contributed by atoms with Gasteiger partial charge in [-0.05, 0) is 79.7 Å². The van der Waals surface area contributed by atoms with Crippen LogP contribution >= 0.6 is 12.2 Å². The fraction of sp³-hybridized carbons (Fsp3) is 0.300. The molecule has 1 aliphatic rings. The van der Waals surface area contributed by atoms with E-state index in [9.17, 15) is 9.59 Å². The smallest absolute Gasteiger partial charge is 0.256 e. The molecule has 1 atom stereocenters. The summed E-state index contributed by atoms with van der Waals surface area (Å²) in [6, 6.07) is 20.2. The van der Waals surface area contributed by atoms with Crippen molar-refractivity contribution in [3.8, 4) is 11.5 Å². The summed E-state index contributed by atoms with van der Waals surface area (Å²) in [5, 5.41) is 3.29. The fourth-order valence-electron chi connectivity index (χ4n) is 4.54. The zero-order valence-corrected chi connectivity index (χ0v) is 23.7. The summed E-state index contributed by atoms with van der Waals surface area (Å²) < 4.78 is 10.8. The number of ether oxygens (including phenoxy) is 2. The highest BCUT2D eigenvalue weighted by molar-refractivity contribution is 7.80. The Hall–Kier alpha value is -4.11. The lowest BCUT2D eigenvalue weighted by Gasteiger charge is -2.24. The first kappa shape index (κ1) is 27.9. The maximum absolute atomic E-state index is 13.7. The Balaban J connectivity index is 1.57. The van der Waals surface area contributed by atoms with Gasteiger partial charge in [0.25, 0.3) is 5.91 Å². The van der Waals surface area contributed by atoms with E-state index in [1.165, 1.54) is 4.90 Å². The average Bonchev–Trinajstić information content (AvgIpc) is 3.16. The molecule has 0 spiro atoms. The molecule has 1 fully saturated rings. The molecule has 0 bridgehead atoms. The number of thiocarbonyl (C=S) groups is 1. The summed E-state index contributed by atoms with van der Waals surface area (Å²) in [5.74, 6) is 0.808. The maximum Gasteiger partial charge on any atom is 0.256 e. The van der Waals surface area contributed by atoms with E-state index < -0.39 is 6.04 Å². The zero-order valence-electron chi connectivity index (χ0n) is 22.9. The van der Waals surface area contributed by atoms with E-state index in [4.69, 9.17) is 21.7 Å². The van der Waals surface area contributed by atoms with Gasteiger partial charge in [0.05, 0.1) is 26.3 Å². The van der Waals surface area contributed by atoms with Crippen LogP contribution in [0.15, 0.2) is 66.7 Å². The van der Waals surface area contributed by atoms with Crippen molar-refractivity contribution in [2.24, 2.45) is 0 Å². The number of aryl methyl sites for hydroxylation is 1. The summed E-state index contributed by atoms with van der Waals surface area (Å²) in [7, 11) is 7.11. The number of amides is 2. The quantitative estimate of drug-likeness (QED) is 0.371. The Morgan fingerprint density at radius 1 is 0.974 bits per heavy atom. The topological polar surface area (TPSA) is 74.4 Å². The molecule has 0 aliphatic carbocycles. The Morgan fingerprint density at radius 3 is 2.26 bits per heavy atom. The molecule has 2 amide bonds. The minimum absolute atomic E-state index is 0.0228. The monoisotopic (exact) mass is 546 g/mol. The molecule has 1 heterocycles. The number of rotatable bonds is 10. The van der Waals surface area contributed by atoms with Gasteiger partial charge in [-0.15, -0.1) is 0 Å². The van der Waals surface area contributed by atoms with Gasteiger partial charge in [0.15, 0.2) is 16.6 Å². The Labute approximate surface area is 235 Å². The van der Waals surface area contributed by atoms with E-state index in [0.29, 0.717) is 41.0 Å². The third kappa shape index (κ3) is 6.31. The van der Waals surface area contributed by atoms with Crippen LogP contribution in [-0.2, 0) is 16.0 Å². The van der Waals surface area contributed by atoms with Crippen LogP contribution in [0.2, 0.25) is 0 Å². The molecule has 0 radical (unpaired) electrons. The minimum Gasteiger partial charge on any atom is -0.493 e. The molecule has 1 unspecified atom stereocenters. The van der Waals surface area contributed by atoms with Crippen LogP contribution in [0, 0.1) is 6.92 Å². The van der Waals surface area contributed by atoms with Gasteiger partial charge in [0.1, 0.15) is 6.04 Å². The number of methoxy groups -OCH3 is 2. The number of hydrogen-bond donors (Lipinski definition) is 1. The molecule has 8 nitrogen and oxygen atoms in total. The number of benzene rings is 3. The van der Waals surface area contributed by atoms with E-state index in [-0.39, 0.29) is 18.2 Å². The Kier molecular flexibility index (Phi) is 8.71. The van der Waals surface area contributed by atoms with Crippen LogP contribution in [0.4, 0.5) is 17.1 Å².